The Morgan fingerprint density at radius 2 is 1.92 bits per heavy atom. The standard InChI is InChI=1S/C29H33NO6/c1-19-22(34-24(31)17-23(19)33-6)14-9-7-8-11-15-27(3)18-28(4)26(29(5,36-27)20(2)35-28)25(32)21-13-10-12-16-30-21/h7-17,20,26H,18H2,1-6H3/b8-7+,14-9+,15-11+/t20-,26+,27+,28+,29+/m1/s1. The van der Waals surface area contributed by atoms with Crippen LogP contribution >= 0.6 is 0 Å². The summed E-state index contributed by atoms with van der Waals surface area (Å²) in [5, 5.41) is 0. The predicted molar refractivity (Wildman–Crippen MR) is 137 cm³/mol. The van der Waals surface area contributed by atoms with E-state index >= 15 is 0 Å². The van der Waals surface area contributed by atoms with Crippen LogP contribution in [0, 0.1) is 12.8 Å². The van der Waals surface area contributed by atoms with Crippen molar-refractivity contribution in [3.8, 4) is 5.75 Å². The second-order valence-electron chi connectivity index (χ2n) is 10.1. The summed E-state index contributed by atoms with van der Waals surface area (Å²) in [5.41, 5.74) is -1.40. The highest BCUT2D eigenvalue weighted by Crippen LogP contribution is 2.56. The van der Waals surface area contributed by atoms with Crippen LogP contribution in [-0.4, -0.2) is 40.8 Å². The van der Waals surface area contributed by atoms with Crippen molar-refractivity contribution >= 4 is 11.9 Å². The van der Waals surface area contributed by atoms with Gasteiger partial charge in [-0.3, -0.25) is 9.78 Å². The van der Waals surface area contributed by atoms with Gasteiger partial charge in [0, 0.05) is 18.2 Å². The highest BCUT2D eigenvalue weighted by Gasteiger charge is 2.68. The number of ketones is 1. The molecule has 2 fully saturated rings. The lowest BCUT2D eigenvalue weighted by Gasteiger charge is -2.49. The molecule has 2 saturated heterocycles. The molecule has 2 aliphatic heterocycles. The van der Waals surface area contributed by atoms with Gasteiger partial charge in [-0.05, 0) is 52.8 Å². The van der Waals surface area contributed by atoms with Gasteiger partial charge in [0.05, 0.1) is 36.4 Å². The maximum absolute atomic E-state index is 13.5. The van der Waals surface area contributed by atoms with Crippen LogP contribution in [0.1, 0.15) is 55.9 Å². The Kier molecular flexibility index (Phi) is 6.90. The van der Waals surface area contributed by atoms with E-state index in [9.17, 15) is 9.59 Å². The highest BCUT2D eigenvalue weighted by atomic mass is 16.6. The van der Waals surface area contributed by atoms with Crippen molar-refractivity contribution < 1.29 is 23.4 Å². The van der Waals surface area contributed by atoms with Crippen LogP contribution < -0.4 is 10.4 Å². The number of allylic oxidation sites excluding steroid dienone is 4. The maximum Gasteiger partial charge on any atom is 0.339 e. The first-order chi connectivity index (χ1) is 17.0. The first kappa shape index (κ1) is 25.8. The van der Waals surface area contributed by atoms with Crippen molar-refractivity contribution in [2.24, 2.45) is 5.92 Å². The van der Waals surface area contributed by atoms with Gasteiger partial charge in [0.25, 0.3) is 0 Å². The number of fused-ring (bicyclic) bond motifs is 2. The number of carbonyl (C=O) groups excluding carboxylic acids is 1. The Balaban J connectivity index is 1.50. The second-order valence-corrected chi connectivity index (χ2v) is 10.1. The molecule has 0 N–H and O–H groups in total. The number of carbonyl (C=O) groups is 1. The number of nitrogens with zero attached hydrogens (tertiary/aromatic N) is 1. The van der Waals surface area contributed by atoms with E-state index in [1.807, 2.05) is 65.0 Å². The van der Waals surface area contributed by atoms with Crippen molar-refractivity contribution in [2.75, 3.05) is 7.11 Å². The molecule has 7 nitrogen and oxygen atoms in total. The van der Waals surface area contributed by atoms with Gasteiger partial charge in [0.15, 0.2) is 5.78 Å². The number of hydrogen-bond acceptors (Lipinski definition) is 7. The van der Waals surface area contributed by atoms with Gasteiger partial charge < -0.3 is 18.6 Å². The van der Waals surface area contributed by atoms with Crippen molar-refractivity contribution in [1.29, 1.82) is 0 Å². The molecule has 5 atom stereocenters. The quantitative estimate of drug-likeness (QED) is 0.394. The van der Waals surface area contributed by atoms with E-state index in [2.05, 4.69) is 4.98 Å². The van der Waals surface area contributed by atoms with E-state index in [0.29, 0.717) is 23.6 Å². The molecule has 7 heteroatoms. The Bertz CT molecular complexity index is 1280. The number of pyridine rings is 1. The Labute approximate surface area is 211 Å². The molecule has 0 saturated carbocycles. The van der Waals surface area contributed by atoms with Crippen LogP contribution in [-0.2, 0) is 9.47 Å². The summed E-state index contributed by atoms with van der Waals surface area (Å²) in [5.74, 6) is 0.420. The fraction of sp³-hybridized carbons (Fsp3) is 0.414. The number of Topliss-reactive ketones (excluding diaryl/α,β-unsaturated/α-hetero) is 1. The molecule has 0 unspecified atom stereocenters. The zero-order valence-corrected chi connectivity index (χ0v) is 21.6. The summed E-state index contributed by atoms with van der Waals surface area (Å²) >= 11 is 0. The molecule has 2 aromatic rings. The number of methoxy groups -OCH3 is 1. The normalized spacial score (nSPS) is 32.1. The lowest BCUT2D eigenvalue weighted by atomic mass is 9.67. The Hall–Kier alpha value is -3.29. The molecule has 0 aromatic carbocycles. The third-order valence-corrected chi connectivity index (χ3v) is 7.22. The van der Waals surface area contributed by atoms with E-state index in [-0.39, 0.29) is 11.9 Å². The summed E-state index contributed by atoms with van der Waals surface area (Å²) in [6, 6.07) is 6.67. The number of hydrogen-bond donors (Lipinski definition) is 0. The third kappa shape index (κ3) is 4.73. The molecule has 0 aliphatic carbocycles. The number of aromatic nitrogens is 1. The zero-order chi connectivity index (χ0) is 26.1. The molecular formula is C29H33NO6. The van der Waals surface area contributed by atoms with E-state index < -0.39 is 28.3 Å². The van der Waals surface area contributed by atoms with Crippen molar-refractivity contribution in [3.63, 3.8) is 0 Å². The third-order valence-electron chi connectivity index (χ3n) is 7.22. The summed E-state index contributed by atoms with van der Waals surface area (Å²) in [7, 11) is 1.52. The van der Waals surface area contributed by atoms with Gasteiger partial charge in [-0.1, -0.05) is 36.4 Å². The summed E-state index contributed by atoms with van der Waals surface area (Å²) in [4.78, 5) is 29.4. The minimum Gasteiger partial charge on any atom is -0.496 e. The molecule has 2 aliphatic rings. The summed E-state index contributed by atoms with van der Waals surface area (Å²) in [6.07, 6.45) is 13.0. The van der Waals surface area contributed by atoms with E-state index in [1.165, 1.54) is 13.2 Å². The van der Waals surface area contributed by atoms with Crippen LogP contribution in [0.2, 0.25) is 0 Å². The lowest BCUT2D eigenvalue weighted by molar-refractivity contribution is -0.170. The molecular weight excluding hydrogens is 458 g/mol. The molecule has 0 amide bonds. The van der Waals surface area contributed by atoms with Gasteiger partial charge >= 0.3 is 5.63 Å². The SMILES string of the molecule is COc1cc(=O)oc(/C=C/C=C/C=C/[C@@]2(C)C[C@]3(C)O[C@H](C)[C@](C)(O2)[C@H]3C(=O)c2ccccn2)c1C. The molecule has 2 aromatic heterocycles. The summed E-state index contributed by atoms with van der Waals surface area (Å²) < 4.78 is 23.5. The minimum absolute atomic E-state index is 0.0551. The first-order valence-electron chi connectivity index (χ1n) is 12.1. The second kappa shape index (κ2) is 9.64. The maximum atomic E-state index is 13.5. The van der Waals surface area contributed by atoms with E-state index in [1.54, 1.807) is 30.5 Å². The van der Waals surface area contributed by atoms with Crippen LogP contribution in [0.25, 0.3) is 6.08 Å². The minimum atomic E-state index is -0.800. The fourth-order valence-corrected chi connectivity index (χ4v) is 5.69. The molecule has 4 heterocycles. The van der Waals surface area contributed by atoms with E-state index in [0.717, 1.165) is 5.56 Å². The average Bonchev–Trinajstić information content (AvgIpc) is 2.96. The van der Waals surface area contributed by atoms with Gasteiger partial charge in [-0.2, -0.15) is 0 Å². The van der Waals surface area contributed by atoms with Gasteiger partial charge in [-0.25, -0.2) is 4.79 Å². The highest BCUT2D eigenvalue weighted by molar-refractivity contribution is 5.98. The predicted octanol–water partition coefficient (Wildman–Crippen LogP) is 5.09. The zero-order valence-electron chi connectivity index (χ0n) is 21.6. The van der Waals surface area contributed by atoms with Crippen LogP contribution in [0.15, 0.2) is 70.1 Å². The molecule has 190 valence electrons. The molecule has 0 spiro atoms. The average molecular weight is 492 g/mol. The van der Waals surface area contributed by atoms with Gasteiger partial charge in [0.1, 0.15) is 22.8 Å². The van der Waals surface area contributed by atoms with Gasteiger partial charge in [0.2, 0.25) is 0 Å². The molecule has 2 bridgehead atoms. The molecule has 4 rings (SSSR count). The van der Waals surface area contributed by atoms with Crippen molar-refractivity contribution in [2.45, 2.75) is 63.9 Å². The monoisotopic (exact) mass is 491 g/mol. The Morgan fingerprint density at radius 1 is 1.17 bits per heavy atom. The Morgan fingerprint density at radius 3 is 2.58 bits per heavy atom. The first-order valence-corrected chi connectivity index (χ1v) is 12.1. The van der Waals surface area contributed by atoms with Gasteiger partial charge in [-0.15, -0.1) is 0 Å². The summed E-state index contributed by atoms with van der Waals surface area (Å²) in [6.45, 7) is 9.76. The number of ether oxygens (including phenoxy) is 3. The lowest BCUT2D eigenvalue weighted by Crippen LogP contribution is -2.60. The molecule has 0 radical (unpaired) electrons. The van der Waals surface area contributed by atoms with Crippen LogP contribution in [0.4, 0.5) is 0 Å². The smallest absolute Gasteiger partial charge is 0.339 e. The van der Waals surface area contributed by atoms with Crippen molar-refractivity contribution in [3.05, 3.63) is 88.3 Å². The van der Waals surface area contributed by atoms with Crippen molar-refractivity contribution in [1.82, 2.24) is 4.98 Å². The largest absolute Gasteiger partial charge is 0.496 e. The molecule has 36 heavy (non-hydrogen) atoms. The number of rotatable bonds is 7. The fourth-order valence-electron chi connectivity index (χ4n) is 5.69. The topological polar surface area (TPSA) is 87.9 Å². The van der Waals surface area contributed by atoms with E-state index in [4.69, 9.17) is 18.6 Å². The van der Waals surface area contributed by atoms with Crippen LogP contribution in [0.3, 0.4) is 0 Å². The van der Waals surface area contributed by atoms with Crippen LogP contribution in [0.5, 0.6) is 5.75 Å².